The van der Waals surface area contributed by atoms with Gasteiger partial charge in [-0.25, -0.2) is 0 Å². The van der Waals surface area contributed by atoms with Gasteiger partial charge in [0.1, 0.15) is 6.04 Å². The molecule has 0 bridgehead atoms. The number of rotatable bonds is 3. The minimum absolute atomic E-state index is 0.114. The summed E-state index contributed by atoms with van der Waals surface area (Å²) in [4.78, 5) is 14.1. The number of carbonyl (C=O) groups is 1. The molecular formula is C11H20N2O3. The second kappa shape index (κ2) is 5.61. The van der Waals surface area contributed by atoms with Crippen LogP contribution in [0.3, 0.4) is 0 Å². The summed E-state index contributed by atoms with van der Waals surface area (Å²) >= 11 is 0. The Bertz CT molecular complexity index is 235. The molecule has 0 aromatic carbocycles. The maximum atomic E-state index is 11.9. The average molecular weight is 228 g/mol. The molecule has 2 rings (SSSR count). The van der Waals surface area contributed by atoms with E-state index < -0.39 is 0 Å². The zero-order valence-corrected chi connectivity index (χ0v) is 9.78. The van der Waals surface area contributed by atoms with Crippen molar-refractivity contribution in [3.05, 3.63) is 0 Å². The van der Waals surface area contributed by atoms with Gasteiger partial charge in [0, 0.05) is 38.7 Å². The number of methoxy groups -OCH3 is 1. The molecule has 2 unspecified atom stereocenters. The zero-order chi connectivity index (χ0) is 11.4. The smallest absolute Gasteiger partial charge is 0.323 e. The minimum Gasteiger partial charge on any atom is -0.468 e. The fourth-order valence-electron chi connectivity index (χ4n) is 2.52. The van der Waals surface area contributed by atoms with Gasteiger partial charge in [-0.2, -0.15) is 0 Å². The SMILES string of the molecule is COC(=O)C(C1CCOC1)N1CCNCC1. The Morgan fingerprint density at radius 2 is 2.25 bits per heavy atom. The molecule has 0 aromatic heterocycles. The predicted molar refractivity (Wildman–Crippen MR) is 59.2 cm³/mol. The van der Waals surface area contributed by atoms with Crippen LogP contribution >= 0.6 is 0 Å². The molecule has 2 aliphatic rings. The standard InChI is InChI=1S/C11H20N2O3/c1-15-11(14)10(9-2-7-16-8-9)13-5-3-12-4-6-13/h9-10,12H,2-8H2,1H3. The summed E-state index contributed by atoms with van der Waals surface area (Å²) in [5.41, 5.74) is 0. The number of piperazine rings is 1. The van der Waals surface area contributed by atoms with Crippen LogP contribution in [0.15, 0.2) is 0 Å². The molecule has 0 aromatic rings. The number of hydrogen-bond acceptors (Lipinski definition) is 5. The van der Waals surface area contributed by atoms with Gasteiger partial charge in [0.2, 0.25) is 0 Å². The summed E-state index contributed by atoms with van der Waals surface area (Å²) in [6, 6.07) is -0.116. The first kappa shape index (κ1) is 11.8. The van der Waals surface area contributed by atoms with E-state index in [2.05, 4.69) is 10.2 Å². The van der Waals surface area contributed by atoms with Crippen molar-refractivity contribution in [3.63, 3.8) is 0 Å². The summed E-state index contributed by atoms with van der Waals surface area (Å²) in [5, 5.41) is 3.29. The van der Waals surface area contributed by atoms with Gasteiger partial charge < -0.3 is 14.8 Å². The number of ether oxygens (including phenoxy) is 2. The first-order chi connectivity index (χ1) is 7.83. The normalized spacial score (nSPS) is 28.9. The van der Waals surface area contributed by atoms with E-state index in [9.17, 15) is 4.79 Å². The Kier molecular flexibility index (Phi) is 4.15. The van der Waals surface area contributed by atoms with Crippen LogP contribution in [0, 0.1) is 5.92 Å². The van der Waals surface area contributed by atoms with E-state index in [0.717, 1.165) is 39.2 Å². The van der Waals surface area contributed by atoms with E-state index in [-0.39, 0.29) is 12.0 Å². The Morgan fingerprint density at radius 1 is 1.50 bits per heavy atom. The van der Waals surface area contributed by atoms with E-state index in [4.69, 9.17) is 9.47 Å². The van der Waals surface area contributed by atoms with Crippen LogP contribution in [0.2, 0.25) is 0 Å². The Labute approximate surface area is 96.1 Å². The van der Waals surface area contributed by atoms with Crippen LogP contribution in [0.5, 0.6) is 0 Å². The highest BCUT2D eigenvalue weighted by Gasteiger charge is 2.37. The van der Waals surface area contributed by atoms with Crippen molar-refractivity contribution in [2.45, 2.75) is 12.5 Å². The number of esters is 1. The van der Waals surface area contributed by atoms with E-state index >= 15 is 0 Å². The van der Waals surface area contributed by atoms with Crippen LogP contribution in [0.1, 0.15) is 6.42 Å². The molecule has 2 saturated heterocycles. The van der Waals surface area contributed by atoms with Gasteiger partial charge in [-0.05, 0) is 6.42 Å². The number of hydrogen-bond donors (Lipinski definition) is 1. The topological polar surface area (TPSA) is 50.8 Å². The van der Waals surface area contributed by atoms with Crippen molar-refractivity contribution >= 4 is 5.97 Å². The summed E-state index contributed by atoms with van der Waals surface area (Å²) in [6.07, 6.45) is 0.962. The first-order valence-corrected chi connectivity index (χ1v) is 5.93. The van der Waals surface area contributed by atoms with Gasteiger partial charge in [0.15, 0.2) is 0 Å². The third-order valence-corrected chi connectivity index (χ3v) is 3.40. The molecule has 0 saturated carbocycles. The molecule has 5 heteroatoms. The third-order valence-electron chi connectivity index (χ3n) is 3.40. The maximum Gasteiger partial charge on any atom is 0.323 e. The Hall–Kier alpha value is -0.650. The van der Waals surface area contributed by atoms with Gasteiger partial charge in [0.25, 0.3) is 0 Å². The first-order valence-electron chi connectivity index (χ1n) is 5.93. The lowest BCUT2D eigenvalue weighted by Crippen LogP contribution is -2.54. The van der Waals surface area contributed by atoms with Crippen LogP contribution in [0.4, 0.5) is 0 Å². The molecule has 0 aliphatic carbocycles. The van der Waals surface area contributed by atoms with E-state index in [1.807, 2.05) is 0 Å². The fraction of sp³-hybridized carbons (Fsp3) is 0.909. The Morgan fingerprint density at radius 3 is 2.81 bits per heavy atom. The number of carbonyl (C=O) groups excluding carboxylic acids is 1. The average Bonchev–Trinajstić information content (AvgIpc) is 2.84. The highest BCUT2D eigenvalue weighted by atomic mass is 16.5. The molecule has 0 amide bonds. The minimum atomic E-state index is -0.116. The lowest BCUT2D eigenvalue weighted by Gasteiger charge is -2.35. The van der Waals surface area contributed by atoms with Crippen molar-refractivity contribution < 1.29 is 14.3 Å². The van der Waals surface area contributed by atoms with Crippen LogP contribution in [0.25, 0.3) is 0 Å². The molecule has 0 radical (unpaired) electrons. The summed E-state index contributed by atoms with van der Waals surface area (Å²) in [7, 11) is 1.47. The Balaban J connectivity index is 2.03. The molecule has 92 valence electrons. The number of nitrogens with zero attached hydrogens (tertiary/aromatic N) is 1. The quantitative estimate of drug-likeness (QED) is 0.658. The molecule has 16 heavy (non-hydrogen) atoms. The van der Waals surface area contributed by atoms with Gasteiger partial charge in [-0.1, -0.05) is 0 Å². The van der Waals surface area contributed by atoms with Crippen LogP contribution in [-0.2, 0) is 14.3 Å². The molecule has 2 atom stereocenters. The van der Waals surface area contributed by atoms with Crippen LogP contribution < -0.4 is 5.32 Å². The molecule has 2 heterocycles. The molecule has 0 spiro atoms. The monoisotopic (exact) mass is 228 g/mol. The molecule has 2 aliphatic heterocycles. The van der Waals surface area contributed by atoms with Crippen molar-refractivity contribution in [2.75, 3.05) is 46.5 Å². The lowest BCUT2D eigenvalue weighted by atomic mass is 9.97. The summed E-state index contributed by atoms with van der Waals surface area (Å²) < 4.78 is 10.3. The number of nitrogens with one attached hydrogen (secondary N) is 1. The third kappa shape index (κ3) is 2.53. The van der Waals surface area contributed by atoms with Crippen molar-refractivity contribution in [1.29, 1.82) is 0 Å². The summed E-state index contributed by atoms with van der Waals surface area (Å²) in [5.74, 6) is 0.183. The van der Waals surface area contributed by atoms with Crippen LogP contribution in [-0.4, -0.2) is 63.4 Å². The lowest BCUT2D eigenvalue weighted by molar-refractivity contribution is -0.149. The zero-order valence-electron chi connectivity index (χ0n) is 9.78. The fourth-order valence-corrected chi connectivity index (χ4v) is 2.52. The second-order valence-corrected chi connectivity index (χ2v) is 4.38. The molecule has 1 N–H and O–H groups in total. The van der Waals surface area contributed by atoms with E-state index in [0.29, 0.717) is 12.5 Å². The molecular weight excluding hydrogens is 208 g/mol. The van der Waals surface area contributed by atoms with Gasteiger partial charge >= 0.3 is 5.97 Å². The second-order valence-electron chi connectivity index (χ2n) is 4.38. The summed E-state index contributed by atoms with van der Waals surface area (Å²) in [6.45, 7) is 5.17. The highest BCUT2D eigenvalue weighted by molar-refractivity contribution is 5.76. The van der Waals surface area contributed by atoms with E-state index in [1.165, 1.54) is 7.11 Å². The van der Waals surface area contributed by atoms with Crippen molar-refractivity contribution in [1.82, 2.24) is 10.2 Å². The molecule has 2 fully saturated rings. The predicted octanol–water partition coefficient (Wildman–Crippen LogP) is -0.530. The van der Waals surface area contributed by atoms with Crippen molar-refractivity contribution in [3.8, 4) is 0 Å². The highest BCUT2D eigenvalue weighted by Crippen LogP contribution is 2.22. The maximum absolute atomic E-state index is 11.9. The van der Waals surface area contributed by atoms with Gasteiger partial charge in [-0.3, -0.25) is 9.69 Å². The van der Waals surface area contributed by atoms with E-state index in [1.54, 1.807) is 0 Å². The van der Waals surface area contributed by atoms with Crippen molar-refractivity contribution in [2.24, 2.45) is 5.92 Å². The molecule has 5 nitrogen and oxygen atoms in total. The van der Waals surface area contributed by atoms with Gasteiger partial charge in [-0.15, -0.1) is 0 Å². The van der Waals surface area contributed by atoms with Gasteiger partial charge in [0.05, 0.1) is 13.7 Å². The largest absolute Gasteiger partial charge is 0.468 e.